The predicted molar refractivity (Wildman–Crippen MR) is 99.2 cm³/mol. The predicted octanol–water partition coefficient (Wildman–Crippen LogP) is 1.87. The lowest BCUT2D eigenvalue weighted by molar-refractivity contribution is -0.121. The molecule has 110 valence electrons. The van der Waals surface area contributed by atoms with Crippen LogP contribution in [0.2, 0.25) is 0 Å². The van der Waals surface area contributed by atoms with Crippen molar-refractivity contribution in [2.24, 2.45) is 5.92 Å². The Morgan fingerprint density at radius 1 is 1.41 bits per heavy atom. The van der Waals surface area contributed by atoms with Crippen LogP contribution in [0.1, 0.15) is 25.8 Å². The summed E-state index contributed by atoms with van der Waals surface area (Å²) in [5.41, 5.74) is 2.20. The molecule has 3 nitrogen and oxygen atoms in total. The number of carbonyl (C=O) groups excluding carboxylic acids is 1. The van der Waals surface area contributed by atoms with Crippen LogP contribution in [-0.2, 0) is 11.2 Å². The number of ether oxygens (including phenoxy) is 1. The van der Waals surface area contributed by atoms with Crippen LogP contribution in [0.4, 0.5) is 5.69 Å². The summed E-state index contributed by atoms with van der Waals surface area (Å²) < 4.78 is 6.27. The second-order valence-electron chi connectivity index (χ2n) is 5.22. The molecule has 6 radical (unpaired) electrons. The van der Waals surface area contributed by atoms with Gasteiger partial charge in [0.05, 0.1) is 17.3 Å². The topological polar surface area (TPSA) is 29.5 Å². The zero-order valence-electron chi connectivity index (χ0n) is 13.3. The molecule has 1 aromatic rings. The first-order valence-electron chi connectivity index (χ1n) is 7.26. The van der Waals surface area contributed by atoms with Gasteiger partial charge in [0.2, 0.25) is 5.91 Å². The number of aryl methyl sites for hydroxylation is 1. The van der Waals surface area contributed by atoms with Gasteiger partial charge in [-0.1, -0.05) is 6.92 Å². The highest BCUT2D eigenvalue weighted by atomic mass is 79.9. The minimum Gasteiger partial charge on any atom is -0.495 e. The molecule has 8 heteroatoms. The van der Waals surface area contributed by atoms with Crippen LogP contribution in [-0.4, -0.2) is 49.2 Å². The Morgan fingerprint density at radius 2 is 2.00 bits per heavy atom. The third kappa shape index (κ3) is 4.87. The lowest BCUT2D eigenvalue weighted by atomic mass is 9.08. The van der Waals surface area contributed by atoms with E-state index in [1.807, 2.05) is 24.8 Å². The largest absolute Gasteiger partial charge is 0.495 e. The molecule has 1 aromatic carbocycles. The number of rotatable bonds is 2. The van der Waals surface area contributed by atoms with E-state index in [9.17, 15) is 4.79 Å². The van der Waals surface area contributed by atoms with Crippen molar-refractivity contribution < 1.29 is 9.53 Å². The van der Waals surface area contributed by atoms with E-state index in [0.717, 1.165) is 28.8 Å². The molecule has 0 aromatic heterocycles. The fraction of sp³-hybridized carbons (Fsp3) is 0.500. The molecule has 0 spiro atoms. The SMILES string of the molecule is CCN1C(=O)C(C)CCc2cc(Br)c(OC)cc21.[B]B([B])[B]. The van der Waals surface area contributed by atoms with Crippen molar-refractivity contribution in [2.45, 2.75) is 26.7 Å². The van der Waals surface area contributed by atoms with Crippen molar-refractivity contribution in [1.82, 2.24) is 0 Å². The summed E-state index contributed by atoms with van der Waals surface area (Å²) in [6, 6.07) is 4.03. The average Bonchev–Trinajstić information content (AvgIpc) is 2.56. The van der Waals surface area contributed by atoms with Crippen molar-refractivity contribution in [3.05, 3.63) is 22.2 Å². The third-order valence-corrected chi connectivity index (χ3v) is 4.11. The van der Waals surface area contributed by atoms with Crippen molar-refractivity contribution in [1.29, 1.82) is 0 Å². The Balaban J connectivity index is 0.000000541. The van der Waals surface area contributed by atoms with E-state index in [4.69, 9.17) is 4.74 Å². The molecule has 1 atom stereocenters. The summed E-state index contributed by atoms with van der Waals surface area (Å²) in [7, 11) is 15.6. The summed E-state index contributed by atoms with van der Waals surface area (Å²) in [6.45, 7) is 4.71. The van der Waals surface area contributed by atoms with Gasteiger partial charge in [-0.25, -0.2) is 0 Å². The molecule has 22 heavy (non-hydrogen) atoms. The highest BCUT2D eigenvalue weighted by Gasteiger charge is 2.27. The number of nitrogens with zero attached hydrogens (tertiary/aromatic N) is 1. The first-order valence-corrected chi connectivity index (χ1v) is 8.05. The molecule has 2 rings (SSSR count). The maximum absolute atomic E-state index is 12.3. The van der Waals surface area contributed by atoms with E-state index in [1.54, 1.807) is 7.11 Å². The van der Waals surface area contributed by atoms with Crippen molar-refractivity contribution >= 4 is 57.1 Å². The van der Waals surface area contributed by atoms with Gasteiger partial charge in [-0.3, -0.25) is 4.79 Å². The molecule has 1 aliphatic rings. The molecule has 0 aliphatic carbocycles. The smallest absolute Gasteiger partial charge is 0.229 e. The lowest BCUT2D eigenvalue weighted by Gasteiger charge is -2.23. The molecule has 0 fully saturated rings. The zero-order valence-corrected chi connectivity index (χ0v) is 14.9. The highest BCUT2D eigenvalue weighted by Crippen LogP contribution is 2.37. The van der Waals surface area contributed by atoms with Gasteiger partial charge in [0.15, 0.2) is 0 Å². The zero-order chi connectivity index (χ0) is 16.9. The van der Waals surface area contributed by atoms with Crippen LogP contribution in [0.25, 0.3) is 0 Å². The Morgan fingerprint density at radius 3 is 2.50 bits per heavy atom. The maximum atomic E-state index is 12.3. The van der Waals surface area contributed by atoms with Crippen LogP contribution in [0.5, 0.6) is 5.75 Å². The summed E-state index contributed by atoms with van der Waals surface area (Å²) in [5.74, 6) is 1.07. The number of benzene rings is 1. The normalized spacial score (nSPS) is 17.0. The van der Waals surface area contributed by atoms with Crippen molar-refractivity contribution in [2.75, 3.05) is 18.6 Å². The van der Waals surface area contributed by atoms with Gasteiger partial charge in [0.1, 0.15) is 5.75 Å². The van der Waals surface area contributed by atoms with Gasteiger partial charge >= 0.3 is 0 Å². The minimum atomic E-state index is -0.667. The summed E-state index contributed by atoms with van der Waals surface area (Å²) in [4.78, 5) is 14.2. The van der Waals surface area contributed by atoms with Crippen molar-refractivity contribution in [3.8, 4) is 5.75 Å². The molecule has 1 unspecified atom stereocenters. The number of halogens is 1. The number of carbonyl (C=O) groups is 1. The average molecular weight is 355 g/mol. The number of fused-ring (bicyclic) bond motifs is 1. The van der Waals surface area contributed by atoms with E-state index in [2.05, 4.69) is 45.2 Å². The Bertz CT molecular complexity index is 525. The van der Waals surface area contributed by atoms with Crippen LogP contribution in [0.3, 0.4) is 0 Å². The Kier molecular flexibility index (Phi) is 7.67. The number of hydrogen-bond donors (Lipinski definition) is 0. The number of anilines is 1. The fourth-order valence-electron chi connectivity index (χ4n) is 2.40. The van der Waals surface area contributed by atoms with E-state index in [-0.39, 0.29) is 11.8 Å². The summed E-state index contributed by atoms with van der Waals surface area (Å²) >= 11 is 3.50. The second kappa shape index (κ2) is 8.76. The molecule has 1 aliphatic heterocycles. The molecule has 1 amide bonds. The number of methoxy groups -OCH3 is 1. The van der Waals surface area contributed by atoms with Crippen LogP contribution in [0, 0.1) is 5.92 Å². The molecule has 1 heterocycles. The van der Waals surface area contributed by atoms with Gasteiger partial charge < -0.3 is 9.64 Å². The molecule has 0 saturated heterocycles. The first kappa shape index (κ1) is 19.3. The number of amides is 1. The van der Waals surface area contributed by atoms with E-state index >= 15 is 0 Å². The van der Waals surface area contributed by atoms with Gasteiger partial charge in [0.25, 0.3) is 0 Å². The number of hydrogen-bond acceptors (Lipinski definition) is 2. The second-order valence-corrected chi connectivity index (χ2v) is 6.07. The Hall–Kier alpha value is -0.770. The first-order chi connectivity index (χ1) is 10.3. The summed E-state index contributed by atoms with van der Waals surface area (Å²) in [5, 5.41) is 0. The van der Waals surface area contributed by atoms with Crippen LogP contribution >= 0.6 is 15.9 Å². The molecule has 0 saturated carbocycles. The van der Waals surface area contributed by atoms with Crippen LogP contribution < -0.4 is 9.64 Å². The van der Waals surface area contributed by atoms with Crippen LogP contribution in [0.15, 0.2) is 16.6 Å². The van der Waals surface area contributed by atoms with E-state index in [1.165, 1.54) is 5.56 Å². The lowest BCUT2D eigenvalue weighted by Crippen LogP contribution is -2.34. The van der Waals surface area contributed by atoms with Gasteiger partial charge in [-0.05, 0) is 47.3 Å². The quantitative estimate of drug-likeness (QED) is 0.758. The fourth-order valence-corrected chi connectivity index (χ4v) is 2.95. The molecule has 0 bridgehead atoms. The van der Waals surface area contributed by atoms with E-state index < -0.39 is 6.39 Å². The highest BCUT2D eigenvalue weighted by molar-refractivity contribution is 9.10. The summed E-state index contributed by atoms with van der Waals surface area (Å²) in [6.07, 6.45) is 1.17. The van der Waals surface area contributed by atoms with Gasteiger partial charge in [-0.2, -0.15) is 0 Å². The molecule has 0 N–H and O–H groups in total. The minimum absolute atomic E-state index is 0.0853. The monoisotopic (exact) mass is 355 g/mol. The maximum Gasteiger partial charge on any atom is 0.229 e. The standard InChI is InChI=1S/C14H18BrNO2.B4/c1-4-16-12-8-13(18-3)11(15)7-10(12)6-5-9(2)14(16)17;1-4(2)3/h7-9H,4-6H2,1-3H3;. The molecular formula is C14H18B4BrNO2. The van der Waals surface area contributed by atoms with Crippen molar-refractivity contribution in [3.63, 3.8) is 0 Å². The third-order valence-electron chi connectivity index (χ3n) is 3.49. The van der Waals surface area contributed by atoms with Gasteiger partial charge in [-0.15, -0.1) is 0 Å². The Labute approximate surface area is 145 Å². The van der Waals surface area contributed by atoms with E-state index in [0.29, 0.717) is 6.54 Å². The molecular weight excluding hydrogens is 337 g/mol. The van der Waals surface area contributed by atoms with Gasteiger partial charge in [0, 0.05) is 48.1 Å².